The Bertz CT molecular complexity index is 2730. The fraction of sp³-hybridized carbons (Fsp3) is 0.244. The molecule has 0 aliphatic carbocycles. The Hall–Kier alpha value is -7.08. The van der Waals surface area contributed by atoms with Crippen molar-refractivity contribution in [2.45, 2.75) is 62.2 Å². The summed E-state index contributed by atoms with van der Waals surface area (Å²) >= 11 is 0. The molecule has 0 bridgehead atoms. The number of fused-ring (bicyclic) bond motifs is 5. The zero-order valence-corrected chi connectivity index (χ0v) is 32.4. The summed E-state index contributed by atoms with van der Waals surface area (Å²) in [4.78, 5) is 70.2. The summed E-state index contributed by atoms with van der Waals surface area (Å²) in [5.74, 6) is -4.71. The molecule has 2 aliphatic heterocycles. The number of carbonyl (C=O) groups excluding carboxylic acids is 3. The molecule has 2 atom stereocenters. The maximum Gasteiger partial charge on any atom is 0.355 e. The van der Waals surface area contributed by atoms with E-state index in [1.807, 2.05) is 30.3 Å². The third-order valence-electron chi connectivity index (χ3n) is 10.2. The lowest BCUT2D eigenvalue weighted by atomic mass is 9.85. The van der Waals surface area contributed by atoms with Crippen molar-refractivity contribution in [3.05, 3.63) is 118 Å². The second-order valence-electron chi connectivity index (χ2n) is 14.1. The van der Waals surface area contributed by atoms with Gasteiger partial charge in [0.15, 0.2) is 5.96 Å². The van der Waals surface area contributed by atoms with Crippen molar-refractivity contribution in [2.24, 2.45) is 5.73 Å². The van der Waals surface area contributed by atoms with Crippen LogP contribution in [0.2, 0.25) is 0 Å². The molecule has 0 saturated carbocycles. The Kier molecular flexibility index (Phi) is 10.9. The number of hydrogen-bond donors (Lipinski definition) is 6. The van der Waals surface area contributed by atoms with Crippen molar-refractivity contribution >= 4 is 62.1 Å². The second-order valence-corrected chi connectivity index (χ2v) is 15.8. The van der Waals surface area contributed by atoms with E-state index >= 15 is 0 Å². The van der Waals surface area contributed by atoms with Gasteiger partial charge in [-0.05, 0) is 60.5 Å². The van der Waals surface area contributed by atoms with Crippen molar-refractivity contribution in [3.8, 4) is 11.4 Å². The SMILES string of the molecule is CC[C@@]1(OC(=O)CCC(=O)NCC(CC(=O)O)c2cccc(NS(=O)(=O)c3cccc(NC(=N)N)c3)c2)C(=O)OCc2c1cc1n(c2=O)Cc2cc3ccccc3nc2-1. The molecular formula is C41H39N7O10S. The molecule has 1 unspecified atom stereocenters. The maximum atomic E-state index is 13.8. The summed E-state index contributed by atoms with van der Waals surface area (Å²) in [6.45, 7) is 1.41. The molecule has 4 heterocycles. The Morgan fingerprint density at radius 1 is 1.02 bits per heavy atom. The number of benzene rings is 3. The Balaban J connectivity index is 1.02. The summed E-state index contributed by atoms with van der Waals surface area (Å²) in [7, 11) is -4.12. The Morgan fingerprint density at radius 3 is 2.54 bits per heavy atom. The molecule has 0 spiro atoms. The summed E-state index contributed by atoms with van der Waals surface area (Å²) < 4.78 is 41.6. The van der Waals surface area contributed by atoms with Crippen LogP contribution in [0.1, 0.15) is 60.8 Å². The van der Waals surface area contributed by atoms with Crippen molar-refractivity contribution in [3.63, 3.8) is 0 Å². The van der Waals surface area contributed by atoms with Gasteiger partial charge >= 0.3 is 17.9 Å². The molecular weight excluding hydrogens is 783 g/mol. The average molecular weight is 822 g/mol. The molecule has 1 amide bonds. The minimum Gasteiger partial charge on any atom is -0.481 e. The van der Waals surface area contributed by atoms with Crippen LogP contribution < -0.4 is 26.6 Å². The van der Waals surface area contributed by atoms with Crippen LogP contribution in [0.4, 0.5) is 11.4 Å². The molecule has 59 heavy (non-hydrogen) atoms. The standard InChI is InChI=1S/C41H39N7O10S/c1-2-41(31-19-33-37-26(15-24-7-3-4-12-32(24)46-37)21-48(33)38(53)30(31)22-57-39(41)54)58-36(52)14-13-34(49)44-20-25(17-35(50)51)23-8-5-10-28(16-23)47-59(55,56)29-11-6-9-27(18-29)45-40(42)43/h3-12,15-16,18-19,25,47H,2,13-14,17,20-22H2,1H3,(H,44,49)(H,50,51)(H4,42,43,45)/t25?,41-/m0/s1. The van der Waals surface area contributed by atoms with Crippen LogP contribution in [0.15, 0.2) is 94.6 Å². The quantitative estimate of drug-likeness (QED) is 0.0518. The van der Waals surface area contributed by atoms with E-state index in [1.165, 1.54) is 42.5 Å². The highest BCUT2D eigenvalue weighted by Gasteiger charge is 2.50. The number of para-hydroxylation sites is 1. The number of nitrogens with zero attached hydrogens (tertiary/aromatic N) is 2. The van der Waals surface area contributed by atoms with Gasteiger partial charge in [0, 0.05) is 46.8 Å². The van der Waals surface area contributed by atoms with Crippen LogP contribution in [0.25, 0.3) is 22.3 Å². The molecule has 17 nitrogen and oxygen atoms in total. The number of esters is 2. The van der Waals surface area contributed by atoms with E-state index in [-0.39, 0.29) is 65.9 Å². The highest BCUT2D eigenvalue weighted by atomic mass is 32.2. The number of carboxylic acid groups (broad SMARTS) is 1. The first-order valence-corrected chi connectivity index (χ1v) is 20.0. The molecule has 5 aromatic rings. The first-order valence-electron chi connectivity index (χ1n) is 18.5. The number of hydrogen-bond acceptors (Lipinski definition) is 11. The van der Waals surface area contributed by atoms with Gasteiger partial charge < -0.3 is 35.5 Å². The van der Waals surface area contributed by atoms with Crippen LogP contribution in [0.3, 0.4) is 0 Å². The highest BCUT2D eigenvalue weighted by Crippen LogP contribution is 2.41. The minimum atomic E-state index is -4.12. The van der Waals surface area contributed by atoms with Gasteiger partial charge in [-0.1, -0.05) is 43.3 Å². The first kappa shape index (κ1) is 40.1. The van der Waals surface area contributed by atoms with E-state index in [0.717, 1.165) is 16.5 Å². The van der Waals surface area contributed by atoms with Gasteiger partial charge in [0.05, 0.1) is 46.7 Å². The lowest BCUT2D eigenvalue weighted by Crippen LogP contribution is -2.47. The number of carbonyl (C=O) groups is 4. The van der Waals surface area contributed by atoms with E-state index < -0.39 is 63.8 Å². The van der Waals surface area contributed by atoms with Crippen molar-refractivity contribution in [2.75, 3.05) is 16.6 Å². The molecule has 3 aromatic carbocycles. The summed E-state index contributed by atoms with van der Waals surface area (Å²) in [5, 5.41) is 23.1. The predicted molar refractivity (Wildman–Crippen MR) is 215 cm³/mol. The molecule has 304 valence electrons. The number of ether oxygens (including phenoxy) is 2. The Labute approximate surface area is 337 Å². The van der Waals surface area contributed by atoms with Crippen molar-refractivity contribution in [1.29, 1.82) is 5.41 Å². The van der Waals surface area contributed by atoms with E-state index in [2.05, 4.69) is 15.4 Å². The van der Waals surface area contributed by atoms with Gasteiger partial charge in [-0.25, -0.2) is 18.2 Å². The third-order valence-corrected chi connectivity index (χ3v) is 11.6. The molecule has 7 rings (SSSR count). The fourth-order valence-electron chi connectivity index (χ4n) is 7.35. The van der Waals surface area contributed by atoms with E-state index in [0.29, 0.717) is 17.0 Å². The van der Waals surface area contributed by atoms with Crippen molar-refractivity contribution in [1.82, 2.24) is 14.9 Å². The van der Waals surface area contributed by atoms with E-state index in [1.54, 1.807) is 23.6 Å². The monoisotopic (exact) mass is 821 g/mol. The van der Waals surface area contributed by atoms with Crippen LogP contribution in [0.5, 0.6) is 0 Å². The molecule has 18 heteroatoms. The second kappa shape index (κ2) is 16.0. The van der Waals surface area contributed by atoms with Crippen LogP contribution in [0, 0.1) is 5.41 Å². The number of anilines is 2. The van der Waals surface area contributed by atoms with Crippen LogP contribution >= 0.6 is 0 Å². The lowest BCUT2D eigenvalue weighted by Gasteiger charge is -2.35. The molecule has 7 N–H and O–H groups in total. The summed E-state index contributed by atoms with van der Waals surface area (Å²) in [5.41, 5.74) is 6.81. The highest BCUT2D eigenvalue weighted by molar-refractivity contribution is 7.92. The fourth-order valence-corrected chi connectivity index (χ4v) is 8.45. The zero-order chi connectivity index (χ0) is 42.1. The summed E-state index contributed by atoms with van der Waals surface area (Å²) in [6, 6.07) is 22.9. The minimum absolute atomic E-state index is 0.0623. The number of guanidine groups is 1. The smallest absolute Gasteiger partial charge is 0.355 e. The maximum absolute atomic E-state index is 13.8. The number of nitrogens with one attached hydrogen (secondary N) is 4. The zero-order valence-electron chi connectivity index (χ0n) is 31.6. The lowest BCUT2D eigenvalue weighted by molar-refractivity contribution is -0.189. The van der Waals surface area contributed by atoms with Gasteiger partial charge in [-0.2, -0.15) is 0 Å². The normalized spacial score (nSPS) is 15.8. The largest absolute Gasteiger partial charge is 0.481 e. The number of aromatic nitrogens is 2. The van der Waals surface area contributed by atoms with Gasteiger partial charge in [-0.15, -0.1) is 0 Å². The average Bonchev–Trinajstić information content (AvgIpc) is 3.56. The van der Waals surface area contributed by atoms with Gasteiger partial charge in [0.1, 0.15) is 6.61 Å². The van der Waals surface area contributed by atoms with Gasteiger partial charge in [0.2, 0.25) is 11.5 Å². The molecule has 0 radical (unpaired) electrons. The van der Waals surface area contributed by atoms with E-state index in [4.69, 9.17) is 25.6 Å². The number of sulfonamides is 1. The molecule has 2 aliphatic rings. The summed E-state index contributed by atoms with van der Waals surface area (Å²) in [6.07, 6.45) is -1.32. The number of cyclic esters (lactones) is 1. The van der Waals surface area contributed by atoms with Gasteiger partial charge in [-0.3, -0.25) is 29.3 Å². The topological polar surface area (TPSA) is 262 Å². The number of aliphatic carboxylic acids is 1. The third kappa shape index (κ3) is 8.20. The predicted octanol–water partition coefficient (Wildman–Crippen LogP) is 3.89. The number of pyridine rings is 2. The van der Waals surface area contributed by atoms with Gasteiger partial charge in [0.25, 0.3) is 15.6 Å². The van der Waals surface area contributed by atoms with Crippen molar-refractivity contribution < 1.29 is 42.2 Å². The molecule has 0 saturated heterocycles. The first-order chi connectivity index (χ1) is 28.2. The Morgan fingerprint density at radius 2 is 1.78 bits per heavy atom. The number of nitrogens with two attached hydrogens (primary N) is 1. The molecule has 2 aromatic heterocycles. The van der Waals surface area contributed by atoms with Crippen LogP contribution in [-0.2, 0) is 57.4 Å². The number of rotatable bonds is 14. The van der Waals surface area contributed by atoms with E-state index in [9.17, 15) is 37.5 Å². The number of amides is 1. The molecule has 0 fully saturated rings. The van der Waals surface area contributed by atoms with Crippen LogP contribution in [-0.4, -0.2) is 59.4 Å². The number of carboxylic acids is 1.